The fourth-order valence-corrected chi connectivity index (χ4v) is 2.29. The van der Waals surface area contributed by atoms with E-state index in [2.05, 4.69) is 28.5 Å². The molecule has 0 aliphatic heterocycles. The number of methoxy groups -OCH3 is 1. The molecule has 2 rings (SSSR count). The maximum Gasteiger partial charge on any atom is 0.161 e. The lowest BCUT2D eigenvalue weighted by Crippen LogP contribution is -2.31. The zero-order valence-corrected chi connectivity index (χ0v) is 12.1. The average Bonchev–Trinajstić information content (AvgIpc) is 2.84. The van der Waals surface area contributed by atoms with Crippen molar-refractivity contribution in [2.75, 3.05) is 7.11 Å². The second-order valence-electron chi connectivity index (χ2n) is 4.72. The lowest BCUT2D eigenvalue weighted by atomic mass is 10.0. The summed E-state index contributed by atoms with van der Waals surface area (Å²) in [6.07, 6.45) is 6.33. The number of nitrogens with zero attached hydrogens (tertiary/aromatic N) is 3. The van der Waals surface area contributed by atoms with E-state index in [0.717, 1.165) is 35.5 Å². The maximum absolute atomic E-state index is 5.76. The van der Waals surface area contributed by atoms with Crippen molar-refractivity contribution in [2.45, 2.75) is 32.9 Å². The molecule has 2 aromatic heterocycles. The van der Waals surface area contributed by atoms with Gasteiger partial charge in [-0.3, -0.25) is 15.5 Å². The molecule has 3 N–H and O–H groups in total. The molecule has 0 saturated carbocycles. The molecule has 0 fully saturated rings. The van der Waals surface area contributed by atoms with E-state index in [0.29, 0.717) is 0 Å². The van der Waals surface area contributed by atoms with Gasteiger partial charge in [0.1, 0.15) is 5.69 Å². The van der Waals surface area contributed by atoms with Gasteiger partial charge in [-0.05, 0) is 24.5 Å². The monoisotopic (exact) mass is 275 g/mol. The Kier molecular flexibility index (Phi) is 4.70. The minimum atomic E-state index is -0.202. The standard InChI is InChI=1S/C14H21N5O/c1-4-5-19-14(12(20-3)9-17-19)13(18-15)11-6-10(2)7-16-8-11/h6-9,13,18H,4-5,15H2,1-3H3. The first-order valence-electron chi connectivity index (χ1n) is 6.68. The minimum absolute atomic E-state index is 0.202. The first-order valence-corrected chi connectivity index (χ1v) is 6.68. The maximum atomic E-state index is 5.76. The SMILES string of the molecule is CCCn1ncc(OC)c1C(NN)c1cncc(C)c1. The minimum Gasteiger partial charge on any atom is -0.493 e. The Balaban J connectivity index is 2.48. The number of hydrogen-bond donors (Lipinski definition) is 2. The number of aromatic nitrogens is 3. The second kappa shape index (κ2) is 6.49. The molecule has 0 radical (unpaired) electrons. The van der Waals surface area contributed by atoms with Crippen molar-refractivity contribution in [3.05, 3.63) is 41.5 Å². The van der Waals surface area contributed by atoms with Crippen LogP contribution in [0.4, 0.5) is 0 Å². The zero-order chi connectivity index (χ0) is 14.5. The average molecular weight is 275 g/mol. The van der Waals surface area contributed by atoms with Gasteiger partial charge < -0.3 is 4.74 Å². The van der Waals surface area contributed by atoms with Crippen LogP contribution in [0.1, 0.15) is 36.2 Å². The molecule has 108 valence electrons. The lowest BCUT2D eigenvalue weighted by Gasteiger charge is -2.19. The molecule has 0 aliphatic rings. The number of hydrazine groups is 1. The Morgan fingerprint density at radius 1 is 1.40 bits per heavy atom. The highest BCUT2D eigenvalue weighted by Crippen LogP contribution is 2.29. The first kappa shape index (κ1) is 14.5. The molecule has 6 heteroatoms. The molecule has 2 heterocycles. The number of pyridine rings is 1. The van der Waals surface area contributed by atoms with Gasteiger partial charge in [0.05, 0.1) is 19.3 Å². The van der Waals surface area contributed by atoms with E-state index in [4.69, 9.17) is 10.6 Å². The predicted molar refractivity (Wildman–Crippen MR) is 77.2 cm³/mol. The van der Waals surface area contributed by atoms with E-state index in [-0.39, 0.29) is 6.04 Å². The Bertz CT molecular complexity index is 566. The normalized spacial score (nSPS) is 12.4. The van der Waals surface area contributed by atoms with E-state index >= 15 is 0 Å². The third-order valence-corrected chi connectivity index (χ3v) is 3.17. The highest BCUT2D eigenvalue weighted by Gasteiger charge is 2.22. The fourth-order valence-electron chi connectivity index (χ4n) is 2.29. The number of nitrogens with two attached hydrogens (primary N) is 1. The summed E-state index contributed by atoms with van der Waals surface area (Å²) < 4.78 is 7.33. The molecule has 1 atom stereocenters. The summed E-state index contributed by atoms with van der Waals surface area (Å²) >= 11 is 0. The van der Waals surface area contributed by atoms with Crippen LogP contribution in [0, 0.1) is 6.92 Å². The van der Waals surface area contributed by atoms with Gasteiger partial charge in [-0.2, -0.15) is 5.10 Å². The van der Waals surface area contributed by atoms with Crippen LogP contribution in [-0.2, 0) is 6.54 Å². The van der Waals surface area contributed by atoms with Crippen molar-refractivity contribution in [3.8, 4) is 5.75 Å². The van der Waals surface area contributed by atoms with Gasteiger partial charge in [0.15, 0.2) is 5.75 Å². The summed E-state index contributed by atoms with van der Waals surface area (Å²) in [6.45, 7) is 4.93. The second-order valence-corrected chi connectivity index (χ2v) is 4.72. The summed E-state index contributed by atoms with van der Waals surface area (Å²) in [5.41, 5.74) is 5.84. The molecule has 6 nitrogen and oxygen atoms in total. The summed E-state index contributed by atoms with van der Waals surface area (Å²) in [4.78, 5) is 4.23. The Morgan fingerprint density at radius 2 is 2.20 bits per heavy atom. The van der Waals surface area contributed by atoms with Crippen LogP contribution < -0.4 is 16.0 Å². The van der Waals surface area contributed by atoms with Crippen molar-refractivity contribution in [3.63, 3.8) is 0 Å². The highest BCUT2D eigenvalue weighted by atomic mass is 16.5. The van der Waals surface area contributed by atoms with Crippen LogP contribution in [0.3, 0.4) is 0 Å². The number of rotatable bonds is 6. The Morgan fingerprint density at radius 3 is 2.80 bits per heavy atom. The van der Waals surface area contributed by atoms with Gasteiger partial charge >= 0.3 is 0 Å². The van der Waals surface area contributed by atoms with Gasteiger partial charge in [0, 0.05) is 18.9 Å². The third-order valence-electron chi connectivity index (χ3n) is 3.17. The van der Waals surface area contributed by atoms with Gasteiger partial charge in [0.2, 0.25) is 0 Å². The summed E-state index contributed by atoms with van der Waals surface area (Å²) in [7, 11) is 1.64. The molecule has 20 heavy (non-hydrogen) atoms. The molecular formula is C14H21N5O. The topological polar surface area (TPSA) is 78.0 Å². The predicted octanol–water partition coefficient (Wildman–Crippen LogP) is 1.56. The van der Waals surface area contributed by atoms with Gasteiger partial charge in [-0.25, -0.2) is 5.43 Å². The number of nitrogens with one attached hydrogen (secondary N) is 1. The Hall–Kier alpha value is -1.92. The van der Waals surface area contributed by atoms with Crippen molar-refractivity contribution in [2.24, 2.45) is 5.84 Å². The molecule has 0 amide bonds. The van der Waals surface area contributed by atoms with Crippen molar-refractivity contribution in [1.82, 2.24) is 20.2 Å². The summed E-state index contributed by atoms with van der Waals surface area (Å²) in [5, 5.41) is 4.37. The number of ether oxygens (including phenoxy) is 1. The van der Waals surface area contributed by atoms with Crippen LogP contribution in [-0.4, -0.2) is 21.9 Å². The zero-order valence-electron chi connectivity index (χ0n) is 12.1. The van der Waals surface area contributed by atoms with Crippen molar-refractivity contribution in [1.29, 1.82) is 0 Å². The van der Waals surface area contributed by atoms with E-state index in [9.17, 15) is 0 Å². The fraction of sp³-hybridized carbons (Fsp3) is 0.429. The number of hydrogen-bond acceptors (Lipinski definition) is 5. The van der Waals surface area contributed by atoms with E-state index in [1.54, 1.807) is 19.5 Å². The van der Waals surface area contributed by atoms with Gasteiger partial charge in [0.25, 0.3) is 0 Å². The van der Waals surface area contributed by atoms with Crippen LogP contribution >= 0.6 is 0 Å². The van der Waals surface area contributed by atoms with Crippen molar-refractivity contribution < 1.29 is 4.74 Å². The van der Waals surface area contributed by atoms with Crippen LogP contribution in [0.25, 0.3) is 0 Å². The van der Waals surface area contributed by atoms with E-state index in [1.165, 1.54) is 0 Å². The van der Waals surface area contributed by atoms with E-state index in [1.807, 2.05) is 17.8 Å². The number of aryl methyl sites for hydroxylation is 2. The smallest absolute Gasteiger partial charge is 0.161 e. The third kappa shape index (κ3) is 2.81. The molecule has 0 saturated heterocycles. The van der Waals surface area contributed by atoms with Gasteiger partial charge in [-0.15, -0.1) is 0 Å². The van der Waals surface area contributed by atoms with E-state index < -0.39 is 0 Å². The van der Waals surface area contributed by atoms with Crippen molar-refractivity contribution >= 4 is 0 Å². The van der Waals surface area contributed by atoms with Crippen LogP contribution in [0.2, 0.25) is 0 Å². The van der Waals surface area contributed by atoms with Gasteiger partial charge in [-0.1, -0.05) is 13.0 Å². The van der Waals surface area contributed by atoms with Crippen LogP contribution in [0.5, 0.6) is 5.75 Å². The summed E-state index contributed by atoms with van der Waals surface area (Å²) in [5.74, 6) is 6.49. The lowest BCUT2D eigenvalue weighted by molar-refractivity contribution is 0.398. The molecule has 0 aromatic carbocycles. The summed E-state index contributed by atoms with van der Waals surface area (Å²) in [6, 6.07) is 1.85. The molecule has 0 aliphatic carbocycles. The van der Waals surface area contributed by atoms with Crippen LogP contribution in [0.15, 0.2) is 24.7 Å². The molecule has 2 aromatic rings. The largest absolute Gasteiger partial charge is 0.493 e. The molecule has 1 unspecified atom stereocenters. The molecule has 0 bridgehead atoms. The Labute approximate surface area is 118 Å². The highest BCUT2D eigenvalue weighted by molar-refractivity contribution is 5.36. The quantitative estimate of drug-likeness (QED) is 0.618. The first-order chi connectivity index (χ1) is 9.71. The molecule has 0 spiro atoms. The molecular weight excluding hydrogens is 254 g/mol.